The van der Waals surface area contributed by atoms with E-state index in [2.05, 4.69) is 289 Å². The molecule has 15 aromatic rings. The largest absolute Gasteiger partial charge is 0.310 e. The first-order valence-electron chi connectivity index (χ1n) is 26.2. The molecule has 2 nitrogen and oxygen atoms in total. The standard InChI is InChI=1S/C73H46N2S/c1-4-18-51(19-5-1)73(52-20-6-2-7-21-52)65-44-49(48-32-37-57-50(43-48)34-39-58-56-24-11-10-17-47(56)31-38-59(57)58)33-40-60(65)61-41-35-54(45-66(61)73)74(53-22-8-3-9-23-53)68-28-16-29-69-72(68)64-26-12-14-27-67(64)75(69)55-36-42-63-62-25-13-15-30-70(62)76-71(63)46-55/h1-46H. The third-order valence-corrected chi connectivity index (χ3v) is 17.6. The molecule has 16 rings (SSSR count). The highest BCUT2D eigenvalue weighted by Gasteiger charge is 2.46. The van der Waals surface area contributed by atoms with Crippen LogP contribution in [0.3, 0.4) is 0 Å². The molecule has 0 spiro atoms. The van der Waals surface area contributed by atoms with E-state index in [0.717, 1.165) is 22.7 Å². The van der Waals surface area contributed by atoms with Gasteiger partial charge in [-0.15, -0.1) is 11.3 Å². The van der Waals surface area contributed by atoms with Gasteiger partial charge in [0.05, 0.1) is 22.1 Å². The van der Waals surface area contributed by atoms with Crippen LogP contribution in [0, 0.1) is 0 Å². The van der Waals surface area contributed by atoms with Gasteiger partial charge in [-0.25, -0.2) is 0 Å². The Hall–Kier alpha value is -9.54. The average molecular weight is 983 g/mol. The molecule has 0 aliphatic heterocycles. The molecule has 0 saturated heterocycles. The van der Waals surface area contributed by atoms with Crippen LogP contribution in [0.1, 0.15) is 22.3 Å². The Labute approximate surface area is 444 Å². The lowest BCUT2D eigenvalue weighted by Gasteiger charge is -2.35. The molecular weight excluding hydrogens is 937 g/mol. The Bertz CT molecular complexity index is 4780. The summed E-state index contributed by atoms with van der Waals surface area (Å²) in [5.74, 6) is 0. The van der Waals surface area contributed by atoms with Crippen molar-refractivity contribution < 1.29 is 0 Å². The van der Waals surface area contributed by atoms with Crippen LogP contribution in [-0.4, -0.2) is 4.57 Å². The Kier molecular flexibility index (Phi) is 9.45. The van der Waals surface area contributed by atoms with Crippen molar-refractivity contribution in [3.8, 4) is 27.9 Å². The van der Waals surface area contributed by atoms with Gasteiger partial charge >= 0.3 is 0 Å². The number of rotatable bonds is 7. The Morgan fingerprint density at radius 1 is 0.329 bits per heavy atom. The van der Waals surface area contributed by atoms with Crippen molar-refractivity contribution in [2.24, 2.45) is 0 Å². The zero-order chi connectivity index (χ0) is 49.9. The first-order chi connectivity index (χ1) is 37.7. The molecule has 1 aliphatic carbocycles. The van der Waals surface area contributed by atoms with Crippen LogP contribution in [0.4, 0.5) is 17.1 Å². The second-order valence-electron chi connectivity index (χ2n) is 20.3. The molecule has 2 aromatic heterocycles. The van der Waals surface area contributed by atoms with E-state index in [1.54, 1.807) is 0 Å². The molecule has 0 amide bonds. The fraction of sp³-hybridized carbons (Fsp3) is 0.0137. The zero-order valence-corrected chi connectivity index (χ0v) is 42.2. The molecule has 1 aliphatic rings. The van der Waals surface area contributed by atoms with Crippen molar-refractivity contribution in [2.75, 3.05) is 4.90 Å². The van der Waals surface area contributed by atoms with Crippen LogP contribution in [0.2, 0.25) is 0 Å². The third-order valence-electron chi connectivity index (χ3n) is 16.4. The summed E-state index contributed by atoms with van der Waals surface area (Å²) in [7, 11) is 0. The first-order valence-corrected chi connectivity index (χ1v) is 27.0. The van der Waals surface area contributed by atoms with Gasteiger partial charge in [0.25, 0.3) is 0 Å². The number of nitrogens with zero attached hydrogens (tertiary/aromatic N) is 2. The Balaban J connectivity index is 0.904. The van der Waals surface area contributed by atoms with E-state index in [0.29, 0.717) is 0 Å². The fourth-order valence-corrected chi connectivity index (χ4v) is 14.3. The highest BCUT2D eigenvalue weighted by atomic mass is 32.1. The molecular formula is C73H46N2S. The smallest absolute Gasteiger partial charge is 0.0714 e. The lowest BCUT2D eigenvalue weighted by atomic mass is 9.67. The summed E-state index contributed by atoms with van der Waals surface area (Å²) in [6, 6.07) is 104. The maximum absolute atomic E-state index is 2.50. The van der Waals surface area contributed by atoms with Crippen molar-refractivity contribution in [1.82, 2.24) is 4.57 Å². The average Bonchev–Trinajstić information content (AvgIpc) is 4.29. The molecule has 76 heavy (non-hydrogen) atoms. The van der Waals surface area contributed by atoms with Crippen molar-refractivity contribution >= 4 is 103 Å². The van der Waals surface area contributed by atoms with Crippen molar-refractivity contribution in [3.63, 3.8) is 0 Å². The first kappa shape index (κ1) is 42.9. The van der Waals surface area contributed by atoms with Gasteiger partial charge in [0.15, 0.2) is 0 Å². The van der Waals surface area contributed by atoms with E-state index in [1.165, 1.54) is 119 Å². The third kappa shape index (κ3) is 6.27. The number of aromatic nitrogens is 1. The van der Waals surface area contributed by atoms with Crippen LogP contribution in [0.25, 0.3) is 102 Å². The number of anilines is 3. The molecule has 0 radical (unpaired) electrons. The van der Waals surface area contributed by atoms with Crippen molar-refractivity contribution in [2.45, 2.75) is 5.41 Å². The summed E-state index contributed by atoms with van der Waals surface area (Å²) in [5.41, 5.74) is 16.1. The van der Waals surface area contributed by atoms with Gasteiger partial charge in [0.1, 0.15) is 0 Å². The van der Waals surface area contributed by atoms with Gasteiger partial charge in [-0.3, -0.25) is 0 Å². The highest BCUT2D eigenvalue weighted by Crippen LogP contribution is 2.58. The van der Waals surface area contributed by atoms with Crippen molar-refractivity contribution in [1.29, 1.82) is 0 Å². The number of thiophene rings is 1. The second kappa shape index (κ2) is 16.7. The molecule has 13 aromatic carbocycles. The summed E-state index contributed by atoms with van der Waals surface area (Å²) in [6.45, 7) is 0. The lowest BCUT2D eigenvalue weighted by Crippen LogP contribution is -2.28. The molecule has 2 heterocycles. The number of para-hydroxylation sites is 2. The molecule has 0 saturated carbocycles. The number of benzene rings is 13. The maximum atomic E-state index is 2.50. The molecule has 0 N–H and O–H groups in total. The fourth-order valence-electron chi connectivity index (χ4n) is 13.1. The summed E-state index contributed by atoms with van der Waals surface area (Å²) >= 11 is 1.87. The quantitative estimate of drug-likeness (QED) is 0.145. The van der Waals surface area contributed by atoms with E-state index in [1.807, 2.05) is 11.3 Å². The van der Waals surface area contributed by atoms with Gasteiger partial charge in [0, 0.05) is 48.0 Å². The maximum Gasteiger partial charge on any atom is 0.0714 e. The molecule has 3 heteroatoms. The number of hydrogen-bond acceptors (Lipinski definition) is 2. The summed E-state index contributed by atoms with van der Waals surface area (Å²) in [6.07, 6.45) is 0. The summed E-state index contributed by atoms with van der Waals surface area (Å²) < 4.78 is 5.07. The molecule has 0 fully saturated rings. The van der Waals surface area contributed by atoms with Crippen molar-refractivity contribution in [3.05, 3.63) is 301 Å². The molecule has 0 bridgehead atoms. The SMILES string of the molecule is c1ccc(N(c2ccc3c(c2)C(c2ccccc2)(c2ccccc2)c2cc(-c4ccc5c(ccc6c7ccccc7ccc56)c4)ccc2-3)c2cccc3c2c2ccccc2n3-c2ccc3c(c2)sc2ccccc23)cc1. The minimum atomic E-state index is -0.636. The van der Waals surface area contributed by atoms with Crippen LogP contribution < -0.4 is 4.90 Å². The van der Waals surface area contributed by atoms with Crippen LogP contribution in [0.15, 0.2) is 279 Å². The Morgan fingerprint density at radius 2 is 0.895 bits per heavy atom. The van der Waals surface area contributed by atoms with Gasteiger partial charge in [-0.05, 0) is 150 Å². The van der Waals surface area contributed by atoms with Gasteiger partial charge in [-0.2, -0.15) is 0 Å². The predicted molar refractivity (Wildman–Crippen MR) is 324 cm³/mol. The lowest BCUT2D eigenvalue weighted by molar-refractivity contribution is 0.768. The topological polar surface area (TPSA) is 8.17 Å². The second-order valence-corrected chi connectivity index (χ2v) is 21.4. The van der Waals surface area contributed by atoms with E-state index in [4.69, 9.17) is 0 Å². The molecule has 354 valence electrons. The minimum Gasteiger partial charge on any atom is -0.310 e. The zero-order valence-electron chi connectivity index (χ0n) is 41.4. The van der Waals surface area contributed by atoms with Gasteiger partial charge in [0.2, 0.25) is 0 Å². The van der Waals surface area contributed by atoms with E-state index in [-0.39, 0.29) is 0 Å². The minimum absolute atomic E-state index is 0.636. The normalized spacial score (nSPS) is 12.8. The van der Waals surface area contributed by atoms with E-state index in [9.17, 15) is 0 Å². The van der Waals surface area contributed by atoms with Crippen LogP contribution in [-0.2, 0) is 5.41 Å². The van der Waals surface area contributed by atoms with E-state index < -0.39 is 5.41 Å². The van der Waals surface area contributed by atoms with Crippen LogP contribution >= 0.6 is 11.3 Å². The summed E-state index contributed by atoms with van der Waals surface area (Å²) in [5, 5.41) is 12.7. The number of fused-ring (bicyclic) bond motifs is 14. The highest BCUT2D eigenvalue weighted by molar-refractivity contribution is 7.25. The predicted octanol–water partition coefficient (Wildman–Crippen LogP) is 20.1. The van der Waals surface area contributed by atoms with Crippen LogP contribution in [0.5, 0.6) is 0 Å². The van der Waals surface area contributed by atoms with Gasteiger partial charge < -0.3 is 9.47 Å². The van der Waals surface area contributed by atoms with E-state index >= 15 is 0 Å². The van der Waals surface area contributed by atoms with Gasteiger partial charge in [-0.1, -0.05) is 206 Å². The monoisotopic (exact) mass is 982 g/mol. The number of hydrogen-bond donors (Lipinski definition) is 0. The molecule has 0 atom stereocenters. The molecule has 0 unspecified atom stereocenters. The summed E-state index contributed by atoms with van der Waals surface area (Å²) in [4.78, 5) is 2.49. The Morgan fingerprint density at radius 3 is 1.68 bits per heavy atom.